The van der Waals surface area contributed by atoms with E-state index in [1.807, 2.05) is 0 Å². The lowest BCUT2D eigenvalue weighted by molar-refractivity contribution is -0.143. The van der Waals surface area contributed by atoms with E-state index in [1.165, 1.54) is 6.92 Å². The van der Waals surface area contributed by atoms with E-state index < -0.39 is 30.2 Å². The molecule has 6 nitrogen and oxygen atoms in total. The van der Waals surface area contributed by atoms with Crippen molar-refractivity contribution in [2.75, 3.05) is 6.54 Å². The summed E-state index contributed by atoms with van der Waals surface area (Å²) in [5.41, 5.74) is 5.33. The molecule has 0 unspecified atom stereocenters. The van der Waals surface area contributed by atoms with Crippen LogP contribution < -0.4 is 5.73 Å². The lowest BCUT2D eigenvalue weighted by Crippen LogP contribution is -2.46. The summed E-state index contributed by atoms with van der Waals surface area (Å²) in [4.78, 5) is 11.5. The fourth-order valence-electron chi connectivity index (χ4n) is 1.61. The van der Waals surface area contributed by atoms with E-state index in [9.17, 15) is 20.1 Å². The number of aliphatic hydroxyl groups is 4. The Bertz CT molecular complexity index is 235. The van der Waals surface area contributed by atoms with Crippen LogP contribution in [0.4, 0.5) is 0 Å². The highest BCUT2D eigenvalue weighted by Crippen LogP contribution is 2.10. The van der Waals surface area contributed by atoms with Crippen LogP contribution in [0.5, 0.6) is 0 Å². The maximum atomic E-state index is 11.5. The first-order valence-corrected chi connectivity index (χ1v) is 6.36. The highest BCUT2D eigenvalue weighted by atomic mass is 16.4. The molecule has 0 amide bonds. The summed E-state index contributed by atoms with van der Waals surface area (Å²) in [5, 5.41) is 37.4. The Morgan fingerprint density at radius 1 is 1.00 bits per heavy atom. The molecular weight excluding hydrogens is 238 g/mol. The third-order valence-electron chi connectivity index (χ3n) is 2.87. The molecule has 0 saturated carbocycles. The lowest BCUT2D eigenvalue weighted by atomic mass is 9.98. The minimum Gasteiger partial charge on any atom is -0.391 e. The number of ketones is 1. The molecule has 0 aliphatic rings. The Hall–Kier alpha value is -0.530. The molecule has 0 aromatic heterocycles. The summed E-state index contributed by atoms with van der Waals surface area (Å²) in [7, 11) is 0. The van der Waals surface area contributed by atoms with Crippen LogP contribution in [0, 0.1) is 0 Å². The number of hydrogen-bond donors (Lipinski definition) is 5. The van der Waals surface area contributed by atoms with Crippen LogP contribution in [0.2, 0.25) is 0 Å². The van der Waals surface area contributed by atoms with Crippen molar-refractivity contribution in [2.45, 2.75) is 63.4 Å². The van der Waals surface area contributed by atoms with Gasteiger partial charge in [-0.15, -0.1) is 0 Å². The summed E-state index contributed by atoms with van der Waals surface area (Å²) in [6, 6.07) is 0. The Balaban J connectivity index is 3.95. The quantitative estimate of drug-likeness (QED) is 0.320. The predicted molar refractivity (Wildman–Crippen MR) is 66.8 cm³/mol. The minimum absolute atomic E-state index is 0.148. The molecule has 0 radical (unpaired) electrons. The molecular formula is C12H25NO5. The van der Waals surface area contributed by atoms with Gasteiger partial charge in [-0.25, -0.2) is 0 Å². The predicted octanol–water partition coefficient (Wildman–Crippen LogP) is -1.07. The zero-order valence-corrected chi connectivity index (χ0v) is 10.8. The largest absolute Gasteiger partial charge is 0.391 e. The van der Waals surface area contributed by atoms with Crippen molar-refractivity contribution in [2.24, 2.45) is 5.73 Å². The summed E-state index contributed by atoms with van der Waals surface area (Å²) >= 11 is 0. The molecule has 0 aliphatic heterocycles. The Morgan fingerprint density at radius 3 is 2.06 bits per heavy atom. The monoisotopic (exact) mass is 263 g/mol. The van der Waals surface area contributed by atoms with E-state index in [0.717, 1.165) is 19.3 Å². The number of rotatable bonds is 10. The molecule has 0 rings (SSSR count). The van der Waals surface area contributed by atoms with Crippen molar-refractivity contribution in [3.05, 3.63) is 0 Å². The van der Waals surface area contributed by atoms with Gasteiger partial charge in [0.15, 0.2) is 5.78 Å². The molecule has 6 heteroatoms. The van der Waals surface area contributed by atoms with Crippen LogP contribution >= 0.6 is 0 Å². The maximum absolute atomic E-state index is 11.5. The summed E-state index contributed by atoms with van der Waals surface area (Å²) in [5.74, 6) is -0.519. The average Bonchev–Trinajstić information content (AvgIpc) is 2.35. The number of Topliss-reactive ketones (excluding diaryl/α,β-unsaturated/α-hetero) is 1. The summed E-state index contributed by atoms with van der Waals surface area (Å²) in [6.07, 6.45) is -2.59. The molecule has 0 bridgehead atoms. The highest BCUT2D eigenvalue weighted by molar-refractivity contribution is 5.83. The molecule has 6 N–H and O–H groups in total. The number of unbranched alkanes of at least 4 members (excludes halogenated alkanes) is 3. The molecule has 0 aromatic rings. The summed E-state index contributed by atoms with van der Waals surface area (Å²) in [6.45, 7) is 1.90. The van der Waals surface area contributed by atoms with Crippen LogP contribution in [0.25, 0.3) is 0 Å². The zero-order chi connectivity index (χ0) is 14.1. The number of hydrogen-bond acceptors (Lipinski definition) is 6. The second kappa shape index (κ2) is 9.41. The van der Waals surface area contributed by atoms with E-state index >= 15 is 0 Å². The second-order valence-electron chi connectivity index (χ2n) is 4.59. The highest BCUT2D eigenvalue weighted by Gasteiger charge is 2.31. The standard InChI is InChI=1S/C12H25NO5/c1-8(14)10(16)12(18)11(17)9(15)6-4-2-3-5-7-13/h8,10-12,14,16-18H,2-7,13H2,1H3/t8-,10+,11+,12+/m0/s1. The fraction of sp³-hybridized carbons (Fsp3) is 0.917. The molecule has 18 heavy (non-hydrogen) atoms. The van der Waals surface area contributed by atoms with Gasteiger partial charge in [0.05, 0.1) is 6.10 Å². The smallest absolute Gasteiger partial charge is 0.164 e. The van der Waals surface area contributed by atoms with Crippen molar-refractivity contribution in [3.8, 4) is 0 Å². The van der Waals surface area contributed by atoms with Gasteiger partial charge in [-0.3, -0.25) is 4.79 Å². The second-order valence-corrected chi connectivity index (χ2v) is 4.59. The Kier molecular flexibility index (Phi) is 9.13. The zero-order valence-electron chi connectivity index (χ0n) is 10.8. The van der Waals surface area contributed by atoms with E-state index in [2.05, 4.69) is 0 Å². The number of aliphatic hydroxyl groups excluding tert-OH is 4. The molecule has 108 valence electrons. The van der Waals surface area contributed by atoms with Crippen molar-refractivity contribution in [1.82, 2.24) is 0 Å². The van der Waals surface area contributed by atoms with Gasteiger partial charge >= 0.3 is 0 Å². The van der Waals surface area contributed by atoms with E-state index in [4.69, 9.17) is 10.8 Å². The van der Waals surface area contributed by atoms with Gasteiger partial charge in [-0.05, 0) is 26.3 Å². The van der Waals surface area contributed by atoms with Gasteiger partial charge in [0.1, 0.15) is 18.3 Å². The first-order chi connectivity index (χ1) is 8.41. The first kappa shape index (κ1) is 17.5. The van der Waals surface area contributed by atoms with Gasteiger partial charge in [-0.2, -0.15) is 0 Å². The lowest BCUT2D eigenvalue weighted by Gasteiger charge is -2.23. The number of carbonyl (C=O) groups is 1. The molecule has 0 fully saturated rings. The van der Waals surface area contributed by atoms with Gasteiger partial charge in [0, 0.05) is 6.42 Å². The molecule has 0 aliphatic carbocycles. The van der Waals surface area contributed by atoms with Crippen molar-refractivity contribution in [3.63, 3.8) is 0 Å². The van der Waals surface area contributed by atoms with Crippen LogP contribution in [-0.2, 0) is 4.79 Å². The van der Waals surface area contributed by atoms with Crippen LogP contribution in [0.3, 0.4) is 0 Å². The van der Waals surface area contributed by atoms with E-state index in [1.54, 1.807) is 0 Å². The SMILES string of the molecule is C[C@H](O)[C@@H](O)[C@@H](O)[C@H](O)C(=O)CCCCCCN. The van der Waals surface area contributed by atoms with Gasteiger partial charge in [0.25, 0.3) is 0 Å². The molecule has 0 spiro atoms. The Labute approximate surface area is 107 Å². The van der Waals surface area contributed by atoms with Gasteiger partial charge in [-0.1, -0.05) is 12.8 Å². The third-order valence-corrected chi connectivity index (χ3v) is 2.87. The Morgan fingerprint density at radius 2 is 1.56 bits per heavy atom. The van der Waals surface area contributed by atoms with Crippen molar-refractivity contribution in [1.29, 1.82) is 0 Å². The average molecular weight is 263 g/mol. The molecule has 4 atom stereocenters. The molecule has 0 heterocycles. The van der Waals surface area contributed by atoms with Crippen LogP contribution in [0.1, 0.15) is 39.0 Å². The van der Waals surface area contributed by atoms with Crippen LogP contribution in [-0.4, -0.2) is 57.2 Å². The van der Waals surface area contributed by atoms with Crippen LogP contribution in [0.15, 0.2) is 0 Å². The van der Waals surface area contributed by atoms with Gasteiger partial charge in [0.2, 0.25) is 0 Å². The number of nitrogens with two attached hydrogens (primary N) is 1. The van der Waals surface area contributed by atoms with Crippen molar-refractivity contribution < 1.29 is 25.2 Å². The first-order valence-electron chi connectivity index (χ1n) is 6.36. The third kappa shape index (κ3) is 6.42. The topological polar surface area (TPSA) is 124 Å². The fourth-order valence-corrected chi connectivity index (χ4v) is 1.61. The van der Waals surface area contributed by atoms with E-state index in [0.29, 0.717) is 13.0 Å². The maximum Gasteiger partial charge on any atom is 0.164 e. The van der Waals surface area contributed by atoms with E-state index in [-0.39, 0.29) is 6.42 Å². The molecule has 0 aromatic carbocycles. The van der Waals surface area contributed by atoms with Gasteiger partial charge < -0.3 is 26.2 Å². The molecule has 0 saturated heterocycles. The minimum atomic E-state index is -1.65. The van der Waals surface area contributed by atoms with Crippen molar-refractivity contribution >= 4 is 5.78 Å². The summed E-state index contributed by atoms with van der Waals surface area (Å²) < 4.78 is 0. The number of carbonyl (C=O) groups excluding carboxylic acids is 1. The normalized spacial score (nSPS) is 18.1.